The second kappa shape index (κ2) is 6.00. The minimum atomic E-state index is -0.974. The van der Waals surface area contributed by atoms with E-state index in [2.05, 4.69) is 38.0 Å². The second-order valence-electron chi connectivity index (χ2n) is 4.88. The standard InChI is InChI=1S/C12H20N2O2S/c1-7(2)9(8(3)4)5-13-12-14-10(6-17-12)11(15)16/h6-9H,5H2,1-4H3,(H,13,14)(H,15,16). The molecule has 0 aromatic carbocycles. The lowest BCUT2D eigenvalue weighted by Gasteiger charge is -2.24. The highest BCUT2D eigenvalue weighted by molar-refractivity contribution is 7.13. The summed E-state index contributed by atoms with van der Waals surface area (Å²) in [6, 6.07) is 0. The minimum Gasteiger partial charge on any atom is -0.476 e. The van der Waals surface area contributed by atoms with Gasteiger partial charge in [0.1, 0.15) is 0 Å². The van der Waals surface area contributed by atoms with Gasteiger partial charge in [0.2, 0.25) is 0 Å². The highest BCUT2D eigenvalue weighted by atomic mass is 32.1. The Labute approximate surface area is 106 Å². The van der Waals surface area contributed by atoms with Gasteiger partial charge in [-0.25, -0.2) is 9.78 Å². The van der Waals surface area contributed by atoms with E-state index in [4.69, 9.17) is 5.11 Å². The molecule has 4 nitrogen and oxygen atoms in total. The van der Waals surface area contributed by atoms with Crippen molar-refractivity contribution in [1.82, 2.24) is 4.98 Å². The van der Waals surface area contributed by atoms with Crippen LogP contribution in [0.4, 0.5) is 5.13 Å². The van der Waals surface area contributed by atoms with Gasteiger partial charge in [-0.15, -0.1) is 11.3 Å². The first kappa shape index (κ1) is 14.0. The molecule has 0 saturated heterocycles. The van der Waals surface area contributed by atoms with Gasteiger partial charge in [0.05, 0.1) is 0 Å². The molecule has 0 aliphatic carbocycles. The van der Waals surface area contributed by atoms with E-state index in [1.165, 1.54) is 11.3 Å². The van der Waals surface area contributed by atoms with Crippen LogP contribution in [0.15, 0.2) is 5.38 Å². The highest BCUT2D eigenvalue weighted by Crippen LogP contribution is 2.22. The SMILES string of the molecule is CC(C)C(CNc1nc(C(=O)O)cs1)C(C)C. The van der Waals surface area contributed by atoms with Gasteiger partial charge < -0.3 is 10.4 Å². The molecule has 0 aliphatic heterocycles. The topological polar surface area (TPSA) is 62.2 Å². The summed E-state index contributed by atoms with van der Waals surface area (Å²) >= 11 is 1.34. The van der Waals surface area contributed by atoms with E-state index in [0.717, 1.165) is 6.54 Å². The molecule has 0 atom stereocenters. The second-order valence-corrected chi connectivity index (χ2v) is 5.73. The summed E-state index contributed by atoms with van der Waals surface area (Å²) in [5.74, 6) is 0.786. The molecular formula is C12H20N2O2S. The quantitative estimate of drug-likeness (QED) is 0.820. The zero-order valence-corrected chi connectivity index (χ0v) is 11.5. The Bertz CT molecular complexity index is 366. The molecule has 0 unspecified atom stereocenters. The van der Waals surface area contributed by atoms with E-state index in [9.17, 15) is 4.79 Å². The van der Waals surface area contributed by atoms with E-state index < -0.39 is 5.97 Å². The zero-order chi connectivity index (χ0) is 13.0. The van der Waals surface area contributed by atoms with Crippen LogP contribution in [0.25, 0.3) is 0 Å². The number of carboxylic acid groups (broad SMARTS) is 1. The number of thiazole rings is 1. The lowest BCUT2D eigenvalue weighted by molar-refractivity contribution is 0.0691. The number of carboxylic acids is 1. The Balaban J connectivity index is 2.56. The van der Waals surface area contributed by atoms with Crippen LogP contribution in [-0.2, 0) is 0 Å². The molecule has 0 spiro atoms. The number of hydrogen-bond acceptors (Lipinski definition) is 4. The average Bonchev–Trinajstić information content (AvgIpc) is 2.65. The summed E-state index contributed by atoms with van der Waals surface area (Å²) in [7, 11) is 0. The van der Waals surface area contributed by atoms with Crippen LogP contribution in [0.5, 0.6) is 0 Å². The third-order valence-corrected chi connectivity index (χ3v) is 3.72. The lowest BCUT2D eigenvalue weighted by atomic mass is 9.86. The Morgan fingerprint density at radius 3 is 2.41 bits per heavy atom. The molecule has 0 amide bonds. The predicted octanol–water partition coefficient (Wildman–Crippen LogP) is 3.18. The number of carbonyl (C=O) groups is 1. The minimum absolute atomic E-state index is 0.114. The van der Waals surface area contributed by atoms with Gasteiger partial charge in [-0.05, 0) is 17.8 Å². The first-order valence-corrected chi connectivity index (χ1v) is 6.72. The zero-order valence-electron chi connectivity index (χ0n) is 10.7. The van der Waals surface area contributed by atoms with Crippen molar-refractivity contribution in [3.8, 4) is 0 Å². The lowest BCUT2D eigenvalue weighted by Crippen LogP contribution is -2.24. The van der Waals surface area contributed by atoms with E-state index in [0.29, 0.717) is 22.9 Å². The maximum Gasteiger partial charge on any atom is 0.355 e. The molecule has 17 heavy (non-hydrogen) atoms. The Morgan fingerprint density at radius 2 is 2.00 bits per heavy atom. The van der Waals surface area contributed by atoms with Crippen molar-refractivity contribution in [2.24, 2.45) is 17.8 Å². The first-order valence-electron chi connectivity index (χ1n) is 5.84. The van der Waals surface area contributed by atoms with E-state index in [1.54, 1.807) is 5.38 Å². The Kier molecular flexibility index (Phi) is 4.93. The largest absolute Gasteiger partial charge is 0.476 e. The Hall–Kier alpha value is -1.10. The third kappa shape index (κ3) is 4.00. The van der Waals surface area contributed by atoms with Gasteiger partial charge in [0, 0.05) is 11.9 Å². The molecule has 1 heterocycles. The fourth-order valence-electron chi connectivity index (χ4n) is 1.90. The molecule has 2 N–H and O–H groups in total. The van der Waals surface area contributed by atoms with Gasteiger partial charge >= 0.3 is 5.97 Å². The van der Waals surface area contributed by atoms with Crippen LogP contribution < -0.4 is 5.32 Å². The van der Waals surface area contributed by atoms with Crippen molar-refractivity contribution in [2.75, 3.05) is 11.9 Å². The number of aromatic nitrogens is 1. The molecule has 0 bridgehead atoms. The molecule has 5 heteroatoms. The third-order valence-electron chi connectivity index (χ3n) is 2.92. The summed E-state index contributed by atoms with van der Waals surface area (Å²) in [5.41, 5.74) is 0.114. The maximum atomic E-state index is 10.7. The molecular weight excluding hydrogens is 236 g/mol. The molecule has 0 radical (unpaired) electrons. The van der Waals surface area contributed by atoms with E-state index in [-0.39, 0.29) is 5.69 Å². The van der Waals surface area contributed by atoms with Crippen LogP contribution >= 0.6 is 11.3 Å². The van der Waals surface area contributed by atoms with Crippen molar-refractivity contribution in [2.45, 2.75) is 27.7 Å². The number of aromatic carboxylic acids is 1. The molecule has 1 aromatic heterocycles. The maximum absolute atomic E-state index is 10.7. The highest BCUT2D eigenvalue weighted by Gasteiger charge is 2.18. The summed E-state index contributed by atoms with van der Waals surface area (Å²) < 4.78 is 0. The van der Waals surface area contributed by atoms with Gasteiger partial charge in [-0.3, -0.25) is 0 Å². The number of hydrogen-bond donors (Lipinski definition) is 2. The van der Waals surface area contributed by atoms with Gasteiger partial charge in [-0.2, -0.15) is 0 Å². The van der Waals surface area contributed by atoms with Crippen molar-refractivity contribution in [3.05, 3.63) is 11.1 Å². The van der Waals surface area contributed by atoms with Crippen LogP contribution in [0.3, 0.4) is 0 Å². The molecule has 1 rings (SSSR count). The van der Waals surface area contributed by atoms with E-state index >= 15 is 0 Å². The summed E-state index contributed by atoms with van der Waals surface area (Å²) in [5, 5.41) is 14.2. The van der Waals surface area contributed by atoms with Crippen molar-refractivity contribution in [1.29, 1.82) is 0 Å². The number of rotatable bonds is 6. The van der Waals surface area contributed by atoms with Gasteiger partial charge in [0.15, 0.2) is 10.8 Å². The van der Waals surface area contributed by atoms with Crippen LogP contribution in [0.2, 0.25) is 0 Å². The average molecular weight is 256 g/mol. The molecule has 0 aliphatic rings. The van der Waals surface area contributed by atoms with Crippen LogP contribution in [0.1, 0.15) is 38.2 Å². The first-order chi connectivity index (χ1) is 7.91. The van der Waals surface area contributed by atoms with Crippen LogP contribution in [-0.4, -0.2) is 22.6 Å². The summed E-state index contributed by atoms with van der Waals surface area (Å²) in [6.07, 6.45) is 0. The molecule has 0 saturated carbocycles. The van der Waals surface area contributed by atoms with E-state index in [1.807, 2.05) is 0 Å². The monoisotopic (exact) mass is 256 g/mol. The van der Waals surface area contributed by atoms with Crippen molar-refractivity contribution >= 4 is 22.4 Å². The van der Waals surface area contributed by atoms with Crippen molar-refractivity contribution < 1.29 is 9.90 Å². The normalized spacial score (nSPS) is 11.5. The number of nitrogens with zero attached hydrogens (tertiary/aromatic N) is 1. The van der Waals surface area contributed by atoms with Gasteiger partial charge in [0.25, 0.3) is 0 Å². The smallest absolute Gasteiger partial charge is 0.355 e. The summed E-state index contributed by atoms with van der Waals surface area (Å²) in [6.45, 7) is 9.66. The van der Waals surface area contributed by atoms with Crippen LogP contribution in [0, 0.1) is 17.8 Å². The molecule has 1 aromatic rings. The number of anilines is 1. The Morgan fingerprint density at radius 1 is 1.41 bits per heavy atom. The fraction of sp³-hybridized carbons (Fsp3) is 0.667. The van der Waals surface area contributed by atoms with Crippen molar-refractivity contribution in [3.63, 3.8) is 0 Å². The predicted molar refractivity (Wildman–Crippen MR) is 70.7 cm³/mol. The fourth-order valence-corrected chi connectivity index (χ4v) is 2.59. The number of nitrogens with one attached hydrogen (secondary N) is 1. The molecule has 96 valence electrons. The van der Waals surface area contributed by atoms with Gasteiger partial charge in [-0.1, -0.05) is 27.7 Å². The summed E-state index contributed by atoms with van der Waals surface area (Å²) in [4.78, 5) is 14.7. The molecule has 0 fully saturated rings.